The summed E-state index contributed by atoms with van der Waals surface area (Å²) in [7, 11) is 0. The molecule has 0 aliphatic rings. The van der Waals surface area contributed by atoms with Crippen molar-refractivity contribution in [1.82, 2.24) is 0 Å². The van der Waals surface area contributed by atoms with E-state index >= 15 is 0 Å². The molecule has 2 nitrogen and oxygen atoms in total. The smallest absolute Gasteiger partial charge is 0.185 e. The number of hydrogen-bond acceptors (Lipinski definition) is 2. The Balaban J connectivity index is 1.22. The monoisotopic (exact) mass is 490 g/mol. The van der Waals surface area contributed by atoms with Crippen molar-refractivity contribution in [3.8, 4) is 22.3 Å². The number of carbonyl (C=O) groups is 2. The van der Waals surface area contributed by atoms with Crippen LogP contribution in [0.25, 0.3) is 34.4 Å². The molecular weight excluding hydrogens is 464 g/mol. The van der Waals surface area contributed by atoms with Gasteiger partial charge in [-0.3, -0.25) is 9.59 Å². The first kappa shape index (κ1) is 24.6. The number of benzene rings is 5. The van der Waals surface area contributed by atoms with E-state index in [9.17, 15) is 9.59 Å². The Morgan fingerprint density at radius 1 is 0.395 bits per heavy atom. The number of carbonyl (C=O) groups excluding carboxylic acids is 2. The van der Waals surface area contributed by atoms with Crippen molar-refractivity contribution in [3.05, 3.63) is 168 Å². The van der Waals surface area contributed by atoms with Crippen LogP contribution in [-0.4, -0.2) is 11.6 Å². The quantitative estimate of drug-likeness (QED) is 0.161. The van der Waals surface area contributed by atoms with Crippen molar-refractivity contribution in [2.45, 2.75) is 0 Å². The summed E-state index contributed by atoms with van der Waals surface area (Å²) in [5, 5.41) is 0. The number of hydrogen-bond donors (Lipinski definition) is 0. The zero-order valence-corrected chi connectivity index (χ0v) is 20.8. The Morgan fingerprint density at radius 3 is 1.16 bits per heavy atom. The van der Waals surface area contributed by atoms with Crippen LogP contribution in [0.2, 0.25) is 0 Å². The predicted molar refractivity (Wildman–Crippen MR) is 157 cm³/mol. The van der Waals surface area contributed by atoms with E-state index in [1.54, 1.807) is 24.3 Å². The minimum atomic E-state index is -0.0558. The summed E-state index contributed by atoms with van der Waals surface area (Å²) in [4.78, 5) is 25.4. The molecule has 0 amide bonds. The van der Waals surface area contributed by atoms with Gasteiger partial charge in [-0.2, -0.15) is 0 Å². The molecule has 0 heterocycles. The van der Waals surface area contributed by atoms with Crippen molar-refractivity contribution >= 4 is 23.7 Å². The Morgan fingerprint density at radius 2 is 0.763 bits per heavy atom. The van der Waals surface area contributed by atoms with Gasteiger partial charge in [0.05, 0.1) is 0 Å². The Hall–Kier alpha value is -5.08. The highest BCUT2D eigenvalue weighted by Gasteiger charge is 2.05. The molecule has 0 atom stereocenters. The van der Waals surface area contributed by atoms with Gasteiger partial charge in [0.2, 0.25) is 0 Å². The molecule has 0 saturated carbocycles. The fourth-order valence-electron chi connectivity index (χ4n) is 4.22. The average molecular weight is 491 g/mol. The SMILES string of the molecule is O=C(/C=C/c1cccc(/C=C/C(=O)c2ccc(-c3ccccc3)cc2)c1)c1ccc(-c2ccccc2)cc1. The Kier molecular flexibility index (Phi) is 7.62. The fraction of sp³-hybridized carbons (Fsp3) is 0. The molecule has 0 saturated heterocycles. The van der Waals surface area contributed by atoms with Crippen LogP contribution < -0.4 is 0 Å². The van der Waals surface area contributed by atoms with Gasteiger partial charge >= 0.3 is 0 Å². The van der Waals surface area contributed by atoms with E-state index in [1.165, 1.54) is 0 Å². The lowest BCUT2D eigenvalue weighted by molar-refractivity contribution is 0.104. The third kappa shape index (κ3) is 6.18. The van der Waals surface area contributed by atoms with Gasteiger partial charge in [0.15, 0.2) is 11.6 Å². The van der Waals surface area contributed by atoms with Crippen molar-refractivity contribution in [1.29, 1.82) is 0 Å². The molecule has 0 aromatic heterocycles. The second kappa shape index (κ2) is 11.8. The van der Waals surface area contributed by atoms with Gasteiger partial charge in [-0.05, 0) is 51.6 Å². The maximum absolute atomic E-state index is 12.7. The standard InChI is InChI=1S/C36H26O2/c37-35(33-20-16-31(17-21-33)29-10-3-1-4-11-29)24-14-27-8-7-9-28(26-27)15-25-36(38)34-22-18-32(19-23-34)30-12-5-2-6-13-30/h1-26H/b24-14+,25-15+. The number of ketones is 2. The van der Waals surface area contributed by atoms with E-state index in [2.05, 4.69) is 0 Å². The van der Waals surface area contributed by atoms with Crippen LogP contribution in [-0.2, 0) is 0 Å². The maximum atomic E-state index is 12.7. The van der Waals surface area contributed by atoms with Crippen LogP contribution in [0.3, 0.4) is 0 Å². The first-order valence-electron chi connectivity index (χ1n) is 12.5. The van der Waals surface area contributed by atoms with E-state index in [0.29, 0.717) is 11.1 Å². The van der Waals surface area contributed by atoms with Crippen LogP contribution in [0.15, 0.2) is 146 Å². The van der Waals surface area contributed by atoms with Gasteiger partial charge in [-0.1, -0.05) is 140 Å². The summed E-state index contributed by atoms with van der Waals surface area (Å²) in [6.45, 7) is 0. The summed E-state index contributed by atoms with van der Waals surface area (Å²) >= 11 is 0. The van der Waals surface area contributed by atoms with E-state index < -0.39 is 0 Å². The molecule has 5 aromatic rings. The normalized spacial score (nSPS) is 11.2. The third-order valence-electron chi connectivity index (χ3n) is 6.32. The second-order valence-electron chi connectivity index (χ2n) is 8.95. The summed E-state index contributed by atoms with van der Waals surface area (Å²) in [5.74, 6) is -0.112. The third-order valence-corrected chi connectivity index (χ3v) is 6.32. The highest BCUT2D eigenvalue weighted by atomic mass is 16.1. The largest absolute Gasteiger partial charge is 0.289 e. The molecule has 5 rings (SSSR count). The molecule has 0 N–H and O–H groups in total. The summed E-state index contributed by atoms with van der Waals surface area (Å²) in [6, 6.07) is 43.2. The fourth-order valence-corrected chi connectivity index (χ4v) is 4.22. The minimum Gasteiger partial charge on any atom is -0.289 e. The summed E-state index contributed by atoms with van der Waals surface area (Å²) < 4.78 is 0. The van der Waals surface area contributed by atoms with E-state index in [-0.39, 0.29) is 11.6 Å². The molecule has 0 aliphatic carbocycles. The van der Waals surface area contributed by atoms with Gasteiger partial charge < -0.3 is 0 Å². The zero-order valence-electron chi connectivity index (χ0n) is 20.8. The van der Waals surface area contributed by atoms with Crippen LogP contribution in [0.1, 0.15) is 31.8 Å². The van der Waals surface area contributed by atoms with Crippen LogP contribution in [0, 0.1) is 0 Å². The minimum absolute atomic E-state index is 0.0558. The van der Waals surface area contributed by atoms with Crippen LogP contribution in [0.5, 0.6) is 0 Å². The van der Waals surface area contributed by atoms with Crippen molar-refractivity contribution in [2.24, 2.45) is 0 Å². The summed E-state index contributed by atoms with van der Waals surface area (Å²) in [6.07, 6.45) is 6.77. The second-order valence-corrected chi connectivity index (χ2v) is 8.95. The van der Waals surface area contributed by atoms with Gasteiger partial charge in [0.25, 0.3) is 0 Å². The lowest BCUT2D eigenvalue weighted by Gasteiger charge is -2.03. The molecule has 0 unspecified atom stereocenters. The molecule has 0 fully saturated rings. The molecule has 182 valence electrons. The zero-order chi connectivity index (χ0) is 26.2. The molecule has 0 spiro atoms. The number of rotatable bonds is 8. The summed E-state index contributed by atoms with van der Waals surface area (Å²) in [5.41, 5.74) is 7.45. The molecule has 2 heteroatoms. The van der Waals surface area contributed by atoms with Gasteiger partial charge in [-0.15, -0.1) is 0 Å². The topological polar surface area (TPSA) is 34.1 Å². The lowest BCUT2D eigenvalue weighted by Crippen LogP contribution is -1.94. The van der Waals surface area contributed by atoms with Crippen molar-refractivity contribution in [3.63, 3.8) is 0 Å². The van der Waals surface area contributed by atoms with Gasteiger partial charge in [0, 0.05) is 11.1 Å². The maximum Gasteiger partial charge on any atom is 0.185 e. The molecule has 38 heavy (non-hydrogen) atoms. The lowest BCUT2D eigenvalue weighted by atomic mass is 10.0. The molecule has 0 radical (unpaired) electrons. The first-order chi connectivity index (χ1) is 18.7. The van der Waals surface area contributed by atoms with E-state index in [1.807, 2.05) is 133 Å². The van der Waals surface area contributed by atoms with E-state index in [0.717, 1.165) is 33.4 Å². The number of allylic oxidation sites excluding steroid dienone is 2. The van der Waals surface area contributed by atoms with E-state index in [4.69, 9.17) is 0 Å². The molecular formula is C36H26O2. The Labute approximate surface area is 223 Å². The van der Waals surface area contributed by atoms with Crippen molar-refractivity contribution in [2.75, 3.05) is 0 Å². The van der Waals surface area contributed by atoms with Gasteiger partial charge in [-0.25, -0.2) is 0 Å². The highest BCUT2D eigenvalue weighted by Crippen LogP contribution is 2.21. The van der Waals surface area contributed by atoms with Crippen LogP contribution in [0.4, 0.5) is 0 Å². The molecule has 0 aliphatic heterocycles. The predicted octanol–water partition coefficient (Wildman–Crippen LogP) is 8.81. The Bertz CT molecular complexity index is 1470. The van der Waals surface area contributed by atoms with Crippen LogP contribution >= 0.6 is 0 Å². The highest BCUT2D eigenvalue weighted by molar-refractivity contribution is 6.08. The molecule has 0 bridgehead atoms. The first-order valence-corrected chi connectivity index (χ1v) is 12.5. The van der Waals surface area contributed by atoms with Crippen molar-refractivity contribution < 1.29 is 9.59 Å². The van der Waals surface area contributed by atoms with Gasteiger partial charge in [0.1, 0.15) is 0 Å². The molecule has 5 aromatic carbocycles. The average Bonchev–Trinajstić information content (AvgIpc) is 3.00.